The van der Waals surface area contributed by atoms with Crippen molar-refractivity contribution in [1.29, 1.82) is 0 Å². The van der Waals surface area contributed by atoms with Gasteiger partial charge in [-0.05, 0) is 148 Å². The van der Waals surface area contributed by atoms with Crippen LogP contribution in [-0.2, 0) is 9.53 Å². The number of esters is 1. The lowest BCUT2D eigenvalue weighted by Crippen LogP contribution is -2.51. The topological polar surface area (TPSA) is 26.3 Å². The molecule has 8 atom stereocenters. The molecule has 2 nitrogen and oxygen atoms in total. The van der Waals surface area contributed by atoms with Gasteiger partial charge in [0, 0.05) is 12.5 Å². The second-order valence-electron chi connectivity index (χ2n) is 19.0. The van der Waals surface area contributed by atoms with Crippen LogP contribution in [0.15, 0.2) is 70.4 Å². The molecule has 0 bridgehead atoms. The Morgan fingerprint density at radius 3 is 2.45 bits per heavy atom. The van der Waals surface area contributed by atoms with Crippen molar-refractivity contribution in [2.24, 2.45) is 51.8 Å². The van der Waals surface area contributed by atoms with E-state index in [0.29, 0.717) is 5.41 Å². The molecule has 0 aromatic rings. The van der Waals surface area contributed by atoms with Gasteiger partial charge in [-0.25, -0.2) is 4.79 Å². The van der Waals surface area contributed by atoms with Gasteiger partial charge in [0.1, 0.15) is 6.10 Å². The summed E-state index contributed by atoms with van der Waals surface area (Å²) in [6.07, 6.45) is 33.0. The number of allylic oxidation sites excluding steroid dienone is 10. The van der Waals surface area contributed by atoms with Crippen molar-refractivity contribution in [3.63, 3.8) is 0 Å². The molecule has 0 aliphatic heterocycles. The van der Waals surface area contributed by atoms with E-state index in [1.165, 1.54) is 87.3 Å². The summed E-state index contributed by atoms with van der Waals surface area (Å²) in [6.45, 7) is 23.7. The first-order valence-corrected chi connectivity index (χ1v) is 20.5. The molecule has 49 heavy (non-hydrogen) atoms. The van der Waals surface area contributed by atoms with E-state index >= 15 is 0 Å². The summed E-state index contributed by atoms with van der Waals surface area (Å²) in [5.74, 6) is 4.92. The SMILES string of the molecule is CC1=C(/C=C/C(C)=C/C=C/C(C)=C/C(=O)OC2CC[C@@]3(C)C(=CCC4C3CC[C@@]3(C)C4CC[C@@H]3[C@H](C)CCCC(C)C)C2)C(C)(C)CCC1. The quantitative estimate of drug-likeness (QED) is 0.0948. The zero-order valence-corrected chi connectivity index (χ0v) is 33.3. The van der Waals surface area contributed by atoms with Crippen molar-refractivity contribution in [2.75, 3.05) is 0 Å². The van der Waals surface area contributed by atoms with Crippen LogP contribution in [0.2, 0.25) is 0 Å². The average molecular weight is 669 g/mol. The van der Waals surface area contributed by atoms with Crippen molar-refractivity contribution >= 4 is 5.97 Å². The number of hydrogen-bond acceptors (Lipinski definition) is 2. The molecular weight excluding hydrogens is 597 g/mol. The van der Waals surface area contributed by atoms with E-state index in [1.54, 1.807) is 11.6 Å². The lowest BCUT2D eigenvalue weighted by atomic mass is 9.47. The van der Waals surface area contributed by atoms with Crippen LogP contribution in [0.1, 0.15) is 159 Å². The molecule has 0 heterocycles. The van der Waals surface area contributed by atoms with Gasteiger partial charge in [0.2, 0.25) is 0 Å². The largest absolute Gasteiger partial charge is 0.459 e. The summed E-state index contributed by atoms with van der Waals surface area (Å²) in [7, 11) is 0. The molecule has 3 saturated carbocycles. The zero-order chi connectivity index (χ0) is 35.6. The van der Waals surface area contributed by atoms with Gasteiger partial charge in [-0.1, -0.05) is 121 Å². The predicted octanol–water partition coefficient (Wildman–Crippen LogP) is 13.5. The zero-order valence-electron chi connectivity index (χ0n) is 33.3. The molecule has 0 amide bonds. The van der Waals surface area contributed by atoms with Crippen molar-refractivity contribution in [1.82, 2.24) is 0 Å². The third-order valence-electron chi connectivity index (χ3n) is 14.7. The number of fused-ring (bicyclic) bond motifs is 5. The summed E-state index contributed by atoms with van der Waals surface area (Å²) in [5.41, 5.74) is 7.81. The highest BCUT2D eigenvalue weighted by molar-refractivity contribution is 5.83. The highest BCUT2D eigenvalue weighted by Gasteiger charge is 2.59. The van der Waals surface area contributed by atoms with Crippen LogP contribution >= 0.6 is 0 Å². The van der Waals surface area contributed by atoms with Crippen LogP contribution in [0.25, 0.3) is 0 Å². The minimum atomic E-state index is -0.194. The molecule has 0 aromatic carbocycles. The Balaban J connectivity index is 1.14. The van der Waals surface area contributed by atoms with E-state index in [4.69, 9.17) is 4.74 Å². The predicted molar refractivity (Wildman–Crippen MR) is 209 cm³/mol. The van der Waals surface area contributed by atoms with E-state index in [9.17, 15) is 4.79 Å². The van der Waals surface area contributed by atoms with Crippen molar-refractivity contribution in [3.05, 3.63) is 70.4 Å². The minimum Gasteiger partial charge on any atom is -0.459 e. The number of ether oxygens (including phenoxy) is 1. The summed E-state index contributed by atoms with van der Waals surface area (Å²) < 4.78 is 6.11. The Kier molecular flexibility index (Phi) is 12.2. The van der Waals surface area contributed by atoms with Crippen LogP contribution in [0.5, 0.6) is 0 Å². The molecule has 2 heteroatoms. The normalized spacial score (nSPS) is 35.7. The maximum Gasteiger partial charge on any atom is 0.331 e. The van der Waals surface area contributed by atoms with Crippen molar-refractivity contribution in [3.8, 4) is 0 Å². The van der Waals surface area contributed by atoms with E-state index < -0.39 is 0 Å². The van der Waals surface area contributed by atoms with Crippen molar-refractivity contribution < 1.29 is 9.53 Å². The van der Waals surface area contributed by atoms with Gasteiger partial charge in [-0.2, -0.15) is 0 Å². The summed E-state index contributed by atoms with van der Waals surface area (Å²) in [4.78, 5) is 13.0. The summed E-state index contributed by atoms with van der Waals surface area (Å²) in [6, 6.07) is 0. The molecule has 0 aromatic heterocycles. The van der Waals surface area contributed by atoms with Gasteiger partial charge < -0.3 is 4.74 Å². The van der Waals surface area contributed by atoms with Gasteiger partial charge in [0.05, 0.1) is 0 Å². The molecule has 0 spiro atoms. The fraction of sp³-hybridized carbons (Fsp3) is 0.723. The monoisotopic (exact) mass is 669 g/mol. The Morgan fingerprint density at radius 2 is 1.71 bits per heavy atom. The second kappa shape index (κ2) is 15.7. The molecule has 0 radical (unpaired) electrons. The van der Waals surface area contributed by atoms with Gasteiger partial charge in [-0.15, -0.1) is 0 Å². The molecular formula is C47H72O2. The number of carbonyl (C=O) groups excluding carboxylic acids is 1. The second-order valence-corrected chi connectivity index (χ2v) is 19.0. The molecule has 5 rings (SSSR count). The first-order valence-electron chi connectivity index (χ1n) is 20.5. The smallest absolute Gasteiger partial charge is 0.331 e. The lowest BCUT2D eigenvalue weighted by Gasteiger charge is -2.58. The molecule has 0 saturated heterocycles. The highest BCUT2D eigenvalue weighted by Crippen LogP contribution is 2.67. The van der Waals surface area contributed by atoms with Crippen LogP contribution < -0.4 is 0 Å². The molecule has 3 fully saturated rings. The van der Waals surface area contributed by atoms with Crippen molar-refractivity contribution in [2.45, 2.75) is 165 Å². The van der Waals surface area contributed by atoms with E-state index in [-0.39, 0.29) is 22.9 Å². The molecule has 5 aliphatic rings. The maximum absolute atomic E-state index is 13.0. The minimum absolute atomic E-state index is 0.00175. The maximum atomic E-state index is 13.0. The average Bonchev–Trinajstić information content (AvgIpc) is 3.37. The van der Waals surface area contributed by atoms with Crippen LogP contribution in [0.4, 0.5) is 0 Å². The van der Waals surface area contributed by atoms with Gasteiger partial charge in [0.25, 0.3) is 0 Å². The Bertz CT molecular complexity index is 1380. The lowest BCUT2D eigenvalue weighted by molar-refractivity contribution is -0.145. The summed E-state index contributed by atoms with van der Waals surface area (Å²) >= 11 is 0. The van der Waals surface area contributed by atoms with Crippen LogP contribution in [-0.4, -0.2) is 12.1 Å². The van der Waals surface area contributed by atoms with Gasteiger partial charge >= 0.3 is 5.97 Å². The van der Waals surface area contributed by atoms with E-state index in [2.05, 4.69) is 92.7 Å². The van der Waals surface area contributed by atoms with Gasteiger partial charge in [0.15, 0.2) is 0 Å². The Hall–Kier alpha value is -2.09. The molecule has 5 aliphatic carbocycles. The van der Waals surface area contributed by atoms with E-state index in [1.807, 2.05) is 13.0 Å². The first kappa shape index (κ1) is 38.1. The summed E-state index contributed by atoms with van der Waals surface area (Å²) in [5, 5.41) is 0. The van der Waals surface area contributed by atoms with Crippen LogP contribution in [0, 0.1) is 51.8 Å². The Labute approximate surface area is 302 Å². The third-order valence-corrected chi connectivity index (χ3v) is 14.7. The fourth-order valence-electron chi connectivity index (χ4n) is 11.8. The highest BCUT2D eigenvalue weighted by atomic mass is 16.5. The number of rotatable bonds is 11. The molecule has 0 N–H and O–H groups in total. The number of hydrogen-bond donors (Lipinski definition) is 0. The van der Waals surface area contributed by atoms with Gasteiger partial charge in [-0.3, -0.25) is 0 Å². The van der Waals surface area contributed by atoms with Crippen LogP contribution in [0.3, 0.4) is 0 Å². The van der Waals surface area contributed by atoms with E-state index in [0.717, 1.165) is 60.3 Å². The Morgan fingerprint density at radius 1 is 0.939 bits per heavy atom. The fourth-order valence-corrected chi connectivity index (χ4v) is 11.8. The standard InChI is InChI=1S/C47H72O2/c1-32(2)14-11-17-36(6)41-23-24-42-39-21-20-37-31-38(25-28-46(37,9)43(39)26-29-47(41,42)10)49-44(48)30-34(4)16-12-15-33(3)19-22-40-35(5)18-13-27-45(40,7)8/h12,15-16,19-20,22,30,32,36,38-39,41-43H,11,13-14,17-18,21,23-29,31H2,1-10H3/b16-12+,22-19+,33-15+,34-30+/t36-,38?,39?,41-,42?,43?,46+,47-/m1/s1. The molecule has 4 unspecified atom stereocenters. The number of carbonyl (C=O) groups is 1. The first-order chi connectivity index (χ1) is 23.1. The third kappa shape index (κ3) is 8.52. The molecule has 272 valence electrons.